The third kappa shape index (κ3) is 3.16. The van der Waals surface area contributed by atoms with E-state index in [4.69, 9.17) is 0 Å². The van der Waals surface area contributed by atoms with Crippen molar-refractivity contribution in [1.29, 1.82) is 0 Å². The summed E-state index contributed by atoms with van der Waals surface area (Å²) < 4.78 is 27.8. The van der Waals surface area contributed by atoms with Crippen molar-refractivity contribution < 1.29 is 18.5 Å². The van der Waals surface area contributed by atoms with Crippen LogP contribution in [-0.2, 0) is 0 Å². The number of hydrogen-bond donors (Lipinski definition) is 2. The fourth-order valence-electron chi connectivity index (χ4n) is 2.75. The Balaban J connectivity index is 1.62. The van der Waals surface area contributed by atoms with Gasteiger partial charge in [0.1, 0.15) is 17.1 Å². The summed E-state index contributed by atoms with van der Waals surface area (Å²) in [5.41, 5.74) is 1.62. The molecule has 1 fully saturated rings. The Morgan fingerprint density at radius 3 is 2.59 bits per heavy atom. The number of allylic oxidation sites excluding steroid dienone is 3. The second-order valence-corrected chi connectivity index (χ2v) is 6.09. The second kappa shape index (κ2) is 6.31. The van der Waals surface area contributed by atoms with Gasteiger partial charge in [-0.3, -0.25) is 14.9 Å². The summed E-state index contributed by atoms with van der Waals surface area (Å²) in [5, 5.41) is 20.2. The van der Waals surface area contributed by atoms with Gasteiger partial charge in [-0.15, -0.1) is 0 Å². The van der Waals surface area contributed by atoms with E-state index in [0.717, 1.165) is 23.1 Å². The van der Waals surface area contributed by atoms with Gasteiger partial charge in [0.05, 0.1) is 11.1 Å². The number of nitro groups is 1. The molecule has 10 heteroatoms. The Bertz CT molecular complexity index is 1000. The highest BCUT2D eigenvalue weighted by Crippen LogP contribution is 2.38. The number of hydrogen-bond acceptors (Lipinski definition) is 5. The fourth-order valence-corrected chi connectivity index (χ4v) is 2.75. The third-order valence-electron chi connectivity index (χ3n) is 4.24. The number of alkyl halides is 2. The molecule has 2 N–H and O–H groups in total. The van der Waals surface area contributed by atoms with Crippen LogP contribution in [0.25, 0.3) is 5.70 Å². The zero-order valence-corrected chi connectivity index (χ0v) is 13.8. The van der Waals surface area contributed by atoms with Crippen molar-refractivity contribution in [2.45, 2.75) is 19.3 Å². The number of fused-ring (bicyclic) bond motifs is 1. The van der Waals surface area contributed by atoms with Crippen LogP contribution in [0, 0.1) is 10.1 Å². The molecule has 1 aliphatic carbocycles. The van der Waals surface area contributed by atoms with E-state index < -0.39 is 17.3 Å². The molecule has 1 aliphatic heterocycles. The lowest BCUT2D eigenvalue weighted by Crippen LogP contribution is -2.20. The first-order valence-electron chi connectivity index (χ1n) is 8.07. The number of non-ortho nitro benzene ring substituents is 1. The van der Waals surface area contributed by atoms with Crippen LogP contribution >= 0.6 is 0 Å². The first-order chi connectivity index (χ1) is 12.9. The van der Waals surface area contributed by atoms with Gasteiger partial charge in [0, 0.05) is 23.5 Å². The minimum atomic E-state index is -2.74. The Morgan fingerprint density at radius 1 is 1.30 bits per heavy atom. The zero-order valence-electron chi connectivity index (χ0n) is 13.8. The van der Waals surface area contributed by atoms with E-state index in [9.17, 15) is 23.7 Å². The molecule has 0 bridgehead atoms. The molecule has 1 aromatic carbocycles. The van der Waals surface area contributed by atoms with E-state index in [-0.39, 0.29) is 22.8 Å². The van der Waals surface area contributed by atoms with Gasteiger partial charge in [-0.25, -0.2) is 13.5 Å². The predicted octanol–water partition coefficient (Wildman–Crippen LogP) is 3.62. The van der Waals surface area contributed by atoms with Gasteiger partial charge in [0.15, 0.2) is 0 Å². The highest BCUT2D eigenvalue weighted by atomic mass is 19.3. The second-order valence-electron chi connectivity index (χ2n) is 6.09. The molecule has 2 aliphatic rings. The first kappa shape index (κ1) is 16.9. The molecule has 0 unspecified atom stereocenters. The van der Waals surface area contributed by atoms with Gasteiger partial charge >= 0.3 is 0 Å². The van der Waals surface area contributed by atoms with Crippen LogP contribution in [0.3, 0.4) is 0 Å². The molecule has 1 amide bonds. The summed E-state index contributed by atoms with van der Waals surface area (Å²) in [4.78, 5) is 22.7. The van der Waals surface area contributed by atoms with Crippen molar-refractivity contribution in [3.8, 4) is 0 Å². The molecule has 0 radical (unpaired) electrons. The Hall–Kier alpha value is -3.56. The molecule has 2 heterocycles. The van der Waals surface area contributed by atoms with Crippen LogP contribution < -0.4 is 10.6 Å². The van der Waals surface area contributed by atoms with E-state index in [1.165, 1.54) is 36.5 Å². The van der Waals surface area contributed by atoms with Crippen molar-refractivity contribution in [3.05, 3.63) is 63.5 Å². The number of benzene rings is 1. The number of amides is 1. The maximum absolute atomic E-state index is 13.4. The summed E-state index contributed by atoms with van der Waals surface area (Å²) in [7, 11) is 0. The molecular weight excluding hydrogens is 360 g/mol. The van der Waals surface area contributed by atoms with Crippen molar-refractivity contribution in [2.75, 3.05) is 10.6 Å². The lowest BCUT2D eigenvalue weighted by Gasteiger charge is -2.20. The van der Waals surface area contributed by atoms with Gasteiger partial charge in [-0.2, -0.15) is 5.10 Å². The summed E-state index contributed by atoms with van der Waals surface area (Å²) in [6.45, 7) is 0. The number of anilines is 2. The normalized spacial score (nSPS) is 15.1. The number of halogens is 2. The van der Waals surface area contributed by atoms with E-state index >= 15 is 0 Å². The highest BCUT2D eigenvalue weighted by molar-refractivity contribution is 6.08. The van der Waals surface area contributed by atoms with Crippen LogP contribution in [-0.4, -0.2) is 27.0 Å². The lowest BCUT2D eigenvalue weighted by atomic mass is 10.2. The van der Waals surface area contributed by atoms with E-state index in [1.807, 2.05) is 0 Å². The minimum Gasteiger partial charge on any atom is -0.339 e. The fraction of sp³-hybridized carbons (Fsp3) is 0.176. The molecule has 0 saturated heterocycles. The SMILES string of the molecule is O=C(Nc1ccc([N+](=O)[O-])cc1)c1cnn2c1NC(=C1CC1)C=C2C(F)F. The van der Waals surface area contributed by atoms with Gasteiger partial charge in [0.25, 0.3) is 18.0 Å². The molecule has 4 rings (SSSR count). The average Bonchev–Trinajstić information content (AvgIpc) is 3.40. The Kier molecular flexibility index (Phi) is 3.94. The maximum Gasteiger partial charge on any atom is 0.280 e. The van der Waals surface area contributed by atoms with Gasteiger partial charge in [-0.1, -0.05) is 0 Å². The summed E-state index contributed by atoms with van der Waals surface area (Å²) in [6, 6.07) is 5.30. The van der Waals surface area contributed by atoms with E-state index in [2.05, 4.69) is 15.7 Å². The maximum atomic E-state index is 13.4. The molecule has 0 atom stereocenters. The first-order valence-corrected chi connectivity index (χ1v) is 8.07. The van der Waals surface area contributed by atoms with Crippen molar-refractivity contribution in [3.63, 3.8) is 0 Å². The highest BCUT2D eigenvalue weighted by Gasteiger charge is 2.30. The lowest BCUT2D eigenvalue weighted by molar-refractivity contribution is -0.384. The van der Waals surface area contributed by atoms with Gasteiger partial charge in [-0.05, 0) is 36.6 Å². The van der Waals surface area contributed by atoms with Gasteiger partial charge in [0.2, 0.25) is 0 Å². The van der Waals surface area contributed by atoms with Crippen LogP contribution in [0.1, 0.15) is 23.2 Å². The monoisotopic (exact) mass is 373 g/mol. The zero-order chi connectivity index (χ0) is 19.1. The molecule has 138 valence electrons. The molecule has 8 nitrogen and oxygen atoms in total. The summed E-state index contributed by atoms with van der Waals surface area (Å²) in [5.74, 6) is -0.394. The van der Waals surface area contributed by atoms with Gasteiger partial charge < -0.3 is 10.6 Å². The molecule has 0 spiro atoms. The predicted molar refractivity (Wildman–Crippen MR) is 93.4 cm³/mol. The summed E-state index contributed by atoms with van der Waals surface area (Å²) in [6.07, 6.45) is 1.47. The minimum absolute atomic E-state index is 0.0957. The van der Waals surface area contributed by atoms with Crippen LogP contribution in [0.4, 0.5) is 26.0 Å². The number of nitro benzene ring substituents is 1. The average molecular weight is 373 g/mol. The quantitative estimate of drug-likeness (QED) is 0.629. The largest absolute Gasteiger partial charge is 0.339 e. The molecule has 27 heavy (non-hydrogen) atoms. The number of nitrogens with one attached hydrogen (secondary N) is 2. The van der Waals surface area contributed by atoms with E-state index in [1.54, 1.807) is 0 Å². The number of carbonyl (C=O) groups is 1. The number of aromatic nitrogens is 2. The van der Waals surface area contributed by atoms with E-state index in [0.29, 0.717) is 11.4 Å². The van der Waals surface area contributed by atoms with Crippen LogP contribution in [0.15, 0.2) is 47.8 Å². The Morgan fingerprint density at radius 2 is 2.00 bits per heavy atom. The smallest absolute Gasteiger partial charge is 0.280 e. The molecular formula is C17H13F2N5O3. The standard InChI is InChI=1S/C17H13F2N5O3/c18-15(19)14-7-13(9-1-2-9)22-16-12(8-20-23(14)16)17(25)21-10-3-5-11(6-4-10)24(26)27/h3-8,15,22H,1-2H2,(H,21,25). The van der Waals surface area contributed by atoms with Crippen molar-refractivity contribution in [2.24, 2.45) is 0 Å². The number of rotatable bonds is 4. The number of carbonyl (C=O) groups excluding carboxylic acids is 1. The topological polar surface area (TPSA) is 102 Å². The van der Waals surface area contributed by atoms with Crippen molar-refractivity contribution >= 4 is 28.8 Å². The molecule has 1 aromatic heterocycles. The summed E-state index contributed by atoms with van der Waals surface area (Å²) >= 11 is 0. The van der Waals surface area contributed by atoms with Crippen molar-refractivity contribution in [1.82, 2.24) is 9.78 Å². The number of nitrogens with zero attached hydrogens (tertiary/aromatic N) is 3. The third-order valence-corrected chi connectivity index (χ3v) is 4.24. The van der Waals surface area contributed by atoms with Crippen LogP contribution in [0.5, 0.6) is 0 Å². The Labute approximate surface area is 151 Å². The molecule has 1 saturated carbocycles. The van der Waals surface area contributed by atoms with Crippen LogP contribution in [0.2, 0.25) is 0 Å². The molecule has 2 aromatic rings.